The van der Waals surface area contributed by atoms with Gasteiger partial charge in [-0.3, -0.25) is 4.90 Å². The number of hydrogen-bond donors (Lipinski definition) is 2. The third-order valence-electron chi connectivity index (χ3n) is 5.44. The fraction of sp³-hybridized carbons (Fsp3) is 0.304. The van der Waals surface area contributed by atoms with Gasteiger partial charge in [0.2, 0.25) is 0 Å². The van der Waals surface area contributed by atoms with Crippen molar-refractivity contribution in [2.75, 3.05) is 19.7 Å². The first-order chi connectivity index (χ1) is 14.5. The Labute approximate surface area is 174 Å². The van der Waals surface area contributed by atoms with E-state index in [2.05, 4.69) is 27.7 Å². The largest absolute Gasteiger partial charge is 0.463 e. The number of hydrogen-bond acceptors (Lipinski definition) is 4. The van der Waals surface area contributed by atoms with Crippen LogP contribution in [0.25, 0.3) is 0 Å². The second-order valence-electron chi connectivity index (χ2n) is 7.43. The van der Waals surface area contributed by atoms with Crippen molar-refractivity contribution < 1.29 is 18.7 Å². The summed E-state index contributed by atoms with van der Waals surface area (Å²) < 4.78 is 18.7. The van der Waals surface area contributed by atoms with Gasteiger partial charge in [0, 0.05) is 25.3 Å². The lowest BCUT2D eigenvalue weighted by Gasteiger charge is -2.34. The van der Waals surface area contributed by atoms with Gasteiger partial charge in [-0.05, 0) is 42.2 Å². The third-order valence-corrected chi connectivity index (χ3v) is 5.44. The van der Waals surface area contributed by atoms with Gasteiger partial charge in [0.1, 0.15) is 5.82 Å². The van der Waals surface area contributed by atoms with Crippen molar-refractivity contribution in [1.82, 2.24) is 15.5 Å². The highest BCUT2D eigenvalue weighted by Gasteiger charge is 2.34. The number of carbonyl (C=O) groups is 2. The van der Waals surface area contributed by atoms with E-state index in [1.165, 1.54) is 23.3 Å². The molecule has 2 heterocycles. The molecule has 2 aromatic carbocycles. The molecular formula is C23H24FN3O3. The Morgan fingerprint density at radius 2 is 1.90 bits per heavy atom. The summed E-state index contributed by atoms with van der Waals surface area (Å²) in [6.07, 6.45) is 0.909. The Kier molecular flexibility index (Phi) is 5.81. The lowest BCUT2D eigenvalue weighted by Crippen LogP contribution is -2.49. The van der Waals surface area contributed by atoms with Crippen molar-refractivity contribution in [3.63, 3.8) is 0 Å². The summed E-state index contributed by atoms with van der Waals surface area (Å²) >= 11 is 0. The number of nitrogens with one attached hydrogen (secondary N) is 2. The van der Waals surface area contributed by atoms with Gasteiger partial charge >= 0.3 is 12.0 Å². The maximum Gasteiger partial charge on any atom is 0.338 e. The summed E-state index contributed by atoms with van der Waals surface area (Å²) in [6, 6.07) is 13.0. The Morgan fingerprint density at radius 3 is 2.63 bits per heavy atom. The van der Waals surface area contributed by atoms with E-state index in [0.29, 0.717) is 23.4 Å². The number of rotatable bonds is 5. The number of amides is 2. The predicted octanol–water partition coefficient (Wildman–Crippen LogP) is 3.06. The van der Waals surface area contributed by atoms with Crippen molar-refractivity contribution >= 4 is 12.0 Å². The highest BCUT2D eigenvalue weighted by atomic mass is 19.1. The number of fused-ring (bicyclic) bond motifs is 1. The minimum atomic E-state index is -0.703. The van der Waals surface area contributed by atoms with Crippen molar-refractivity contribution in [2.45, 2.75) is 25.9 Å². The lowest BCUT2D eigenvalue weighted by molar-refractivity contribution is -0.139. The van der Waals surface area contributed by atoms with Crippen molar-refractivity contribution in [2.24, 2.45) is 0 Å². The molecule has 0 unspecified atom stereocenters. The number of halogens is 1. The maximum atomic E-state index is 13.4. The first-order valence-electron chi connectivity index (χ1n) is 10.1. The summed E-state index contributed by atoms with van der Waals surface area (Å²) in [5.74, 6) is -0.875. The number of benzene rings is 2. The molecule has 0 fully saturated rings. The van der Waals surface area contributed by atoms with E-state index in [1.54, 1.807) is 19.1 Å². The summed E-state index contributed by atoms with van der Waals surface area (Å²) in [7, 11) is 0. The Bertz CT molecular complexity index is 987. The van der Waals surface area contributed by atoms with Crippen LogP contribution in [-0.4, -0.2) is 36.6 Å². The second-order valence-corrected chi connectivity index (χ2v) is 7.43. The highest BCUT2D eigenvalue weighted by Crippen LogP contribution is 2.29. The average molecular weight is 409 g/mol. The predicted molar refractivity (Wildman–Crippen MR) is 110 cm³/mol. The molecule has 7 heteroatoms. The Morgan fingerprint density at radius 1 is 1.17 bits per heavy atom. The van der Waals surface area contributed by atoms with E-state index in [9.17, 15) is 14.0 Å². The van der Waals surface area contributed by atoms with Gasteiger partial charge in [0.05, 0.1) is 18.2 Å². The molecule has 2 aromatic rings. The summed E-state index contributed by atoms with van der Waals surface area (Å²) in [4.78, 5) is 27.4. The molecule has 30 heavy (non-hydrogen) atoms. The average Bonchev–Trinajstić information content (AvgIpc) is 2.74. The number of ether oxygens (including phenoxy) is 1. The van der Waals surface area contributed by atoms with Crippen molar-refractivity contribution in [1.29, 1.82) is 0 Å². The smallest absolute Gasteiger partial charge is 0.338 e. The second kappa shape index (κ2) is 8.67. The zero-order valence-electron chi connectivity index (χ0n) is 16.8. The van der Waals surface area contributed by atoms with Crippen LogP contribution in [0.4, 0.5) is 9.18 Å². The minimum Gasteiger partial charge on any atom is -0.463 e. The van der Waals surface area contributed by atoms with Gasteiger partial charge in [-0.1, -0.05) is 36.4 Å². The molecular weight excluding hydrogens is 385 g/mol. The third kappa shape index (κ3) is 4.21. The standard InChI is InChI=1S/C23H24FN3O3/c1-2-30-22(28)20-19(14-27-12-11-15-5-3-4-6-17(15)13-27)25-23(29)26-21(20)16-7-9-18(24)10-8-16/h3-10,21H,2,11-14H2,1H3,(H2,25,26,29)/t21-/m0/s1. The number of urea groups is 1. The van der Waals surface area contributed by atoms with E-state index in [0.717, 1.165) is 19.5 Å². The van der Waals surface area contributed by atoms with Crippen LogP contribution in [0.1, 0.15) is 29.7 Å². The fourth-order valence-corrected chi connectivity index (χ4v) is 4.01. The normalized spacial score (nSPS) is 19.0. The van der Waals surface area contributed by atoms with Crippen molar-refractivity contribution in [3.8, 4) is 0 Å². The molecule has 0 aliphatic carbocycles. The molecule has 6 nitrogen and oxygen atoms in total. The number of nitrogens with zero attached hydrogens (tertiary/aromatic N) is 1. The van der Waals surface area contributed by atoms with E-state index in [-0.39, 0.29) is 12.4 Å². The highest BCUT2D eigenvalue weighted by molar-refractivity contribution is 5.95. The minimum absolute atomic E-state index is 0.219. The Hall–Kier alpha value is -3.19. The quantitative estimate of drug-likeness (QED) is 0.745. The van der Waals surface area contributed by atoms with Gasteiger partial charge < -0.3 is 15.4 Å². The zero-order valence-corrected chi connectivity index (χ0v) is 16.8. The molecule has 4 rings (SSSR count). The topological polar surface area (TPSA) is 70.7 Å². The van der Waals surface area contributed by atoms with Gasteiger partial charge in [0.25, 0.3) is 0 Å². The first-order valence-corrected chi connectivity index (χ1v) is 10.1. The monoisotopic (exact) mass is 409 g/mol. The maximum absolute atomic E-state index is 13.4. The molecule has 0 saturated carbocycles. The van der Waals surface area contributed by atoms with Crippen LogP contribution in [0.2, 0.25) is 0 Å². The van der Waals surface area contributed by atoms with E-state index >= 15 is 0 Å². The van der Waals surface area contributed by atoms with Crippen LogP contribution in [0, 0.1) is 5.82 Å². The van der Waals surface area contributed by atoms with E-state index < -0.39 is 18.0 Å². The van der Waals surface area contributed by atoms with Crippen LogP contribution in [0.15, 0.2) is 59.8 Å². The van der Waals surface area contributed by atoms with Gasteiger partial charge in [-0.15, -0.1) is 0 Å². The van der Waals surface area contributed by atoms with Crippen LogP contribution in [0.5, 0.6) is 0 Å². The van der Waals surface area contributed by atoms with E-state index in [1.807, 2.05) is 12.1 Å². The van der Waals surface area contributed by atoms with Crippen LogP contribution < -0.4 is 10.6 Å². The molecule has 0 radical (unpaired) electrons. The lowest BCUT2D eigenvalue weighted by atomic mass is 9.94. The molecule has 0 aromatic heterocycles. The molecule has 2 amide bonds. The van der Waals surface area contributed by atoms with Gasteiger partial charge in [-0.2, -0.15) is 0 Å². The first kappa shape index (κ1) is 20.1. The summed E-state index contributed by atoms with van der Waals surface area (Å²) in [6.45, 7) is 3.92. The van der Waals surface area contributed by atoms with Crippen LogP contribution in [0.3, 0.4) is 0 Å². The van der Waals surface area contributed by atoms with Gasteiger partial charge in [0.15, 0.2) is 0 Å². The summed E-state index contributed by atoms with van der Waals surface area (Å²) in [5.41, 5.74) is 4.06. The molecule has 2 aliphatic rings. The number of esters is 1. The molecule has 2 N–H and O–H groups in total. The summed E-state index contributed by atoms with van der Waals surface area (Å²) in [5, 5.41) is 5.58. The molecule has 156 valence electrons. The van der Waals surface area contributed by atoms with Crippen LogP contribution >= 0.6 is 0 Å². The number of carbonyl (C=O) groups excluding carboxylic acids is 2. The molecule has 2 aliphatic heterocycles. The SMILES string of the molecule is CCOC(=O)C1=C(CN2CCc3ccccc3C2)NC(=O)N[C@H]1c1ccc(F)cc1. The molecule has 0 spiro atoms. The molecule has 1 atom stereocenters. The Balaban J connectivity index is 1.67. The molecule has 0 saturated heterocycles. The van der Waals surface area contributed by atoms with Crippen LogP contribution in [-0.2, 0) is 22.5 Å². The van der Waals surface area contributed by atoms with E-state index in [4.69, 9.17) is 4.74 Å². The van der Waals surface area contributed by atoms with Crippen molar-refractivity contribution in [3.05, 3.63) is 82.3 Å². The fourth-order valence-electron chi connectivity index (χ4n) is 4.01. The van der Waals surface area contributed by atoms with Gasteiger partial charge in [-0.25, -0.2) is 14.0 Å². The zero-order chi connectivity index (χ0) is 21.1. The molecule has 0 bridgehead atoms.